The van der Waals surface area contributed by atoms with Crippen LogP contribution in [-0.4, -0.2) is 43.2 Å². The van der Waals surface area contributed by atoms with Gasteiger partial charge < -0.3 is 14.2 Å². The Labute approximate surface area is 81.7 Å². The van der Waals surface area contributed by atoms with Crippen molar-refractivity contribution in [2.45, 2.75) is 6.10 Å². The average molecular weight is 208 g/mol. The molecule has 0 bridgehead atoms. The number of thiocarbonyl (C=S) groups is 1. The highest BCUT2D eigenvalue weighted by Gasteiger charge is 2.14. The van der Waals surface area contributed by atoms with Crippen molar-refractivity contribution < 1.29 is 14.2 Å². The Bertz CT molecular complexity index is 146. The van der Waals surface area contributed by atoms with E-state index in [2.05, 4.69) is 0 Å². The average Bonchev–Trinajstić information content (AvgIpc) is 2.16. The van der Waals surface area contributed by atoms with Crippen LogP contribution in [0, 0.1) is 0 Å². The fourth-order valence-electron chi connectivity index (χ4n) is 0.853. The monoisotopic (exact) mass is 208 g/mol. The quantitative estimate of drug-likeness (QED) is 0.633. The molecular weight excluding hydrogens is 196 g/mol. The van der Waals surface area contributed by atoms with Gasteiger partial charge in [0.05, 0.1) is 19.8 Å². The minimum Gasteiger partial charge on any atom is -0.476 e. The van der Waals surface area contributed by atoms with Gasteiger partial charge in [-0.2, -0.15) is 0 Å². The zero-order valence-corrected chi connectivity index (χ0v) is 8.58. The van der Waals surface area contributed by atoms with Crippen LogP contribution in [0.4, 0.5) is 0 Å². The second-order valence-electron chi connectivity index (χ2n) is 2.33. The zero-order chi connectivity index (χ0) is 8.81. The van der Waals surface area contributed by atoms with Gasteiger partial charge in [0, 0.05) is 0 Å². The molecule has 1 aliphatic heterocycles. The first kappa shape index (κ1) is 10.2. The number of hydrogen-bond donors (Lipinski definition) is 0. The van der Waals surface area contributed by atoms with Crippen molar-refractivity contribution in [3.8, 4) is 0 Å². The molecule has 0 N–H and O–H groups in total. The Morgan fingerprint density at radius 3 is 3.08 bits per heavy atom. The van der Waals surface area contributed by atoms with E-state index in [1.807, 2.05) is 6.26 Å². The second kappa shape index (κ2) is 5.75. The molecular formula is C7H12O3S2. The molecule has 0 unspecified atom stereocenters. The van der Waals surface area contributed by atoms with Crippen LogP contribution in [0.5, 0.6) is 0 Å². The summed E-state index contributed by atoms with van der Waals surface area (Å²) in [6.45, 7) is 2.44. The summed E-state index contributed by atoms with van der Waals surface area (Å²) in [7, 11) is 0. The van der Waals surface area contributed by atoms with Crippen molar-refractivity contribution in [1.29, 1.82) is 0 Å². The lowest BCUT2D eigenvalue weighted by Crippen LogP contribution is -2.32. The van der Waals surface area contributed by atoms with Gasteiger partial charge in [0.2, 0.25) is 4.38 Å². The summed E-state index contributed by atoms with van der Waals surface area (Å²) in [5.41, 5.74) is 0. The minimum absolute atomic E-state index is 0.0452. The summed E-state index contributed by atoms with van der Waals surface area (Å²) in [6.07, 6.45) is 1.93. The summed E-state index contributed by atoms with van der Waals surface area (Å²) in [6, 6.07) is 0. The topological polar surface area (TPSA) is 27.7 Å². The van der Waals surface area contributed by atoms with Gasteiger partial charge in [-0.15, -0.1) is 0 Å². The van der Waals surface area contributed by atoms with E-state index in [1.54, 1.807) is 0 Å². The van der Waals surface area contributed by atoms with E-state index in [0.717, 1.165) is 0 Å². The van der Waals surface area contributed by atoms with Gasteiger partial charge in [-0.25, -0.2) is 0 Å². The third-order valence-electron chi connectivity index (χ3n) is 1.44. The van der Waals surface area contributed by atoms with Crippen molar-refractivity contribution in [3.05, 3.63) is 0 Å². The molecule has 70 valence electrons. The molecule has 12 heavy (non-hydrogen) atoms. The van der Waals surface area contributed by atoms with Crippen LogP contribution in [0.15, 0.2) is 0 Å². The lowest BCUT2D eigenvalue weighted by atomic mass is 10.4. The number of rotatable bonds is 2. The van der Waals surface area contributed by atoms with Crippen LogP contribution in [0.1, 0.15) is 0 Å². The van der Waals surface area contributed by atoms with Gasteiger partial charge in [0.1, 0.15) is 12.7 Å². The van der Waals surface area contributed by atoms with Crippen LogP contribution in [-0.2, 0) is 14.2 Å². The molecule has 0 aromatic heterocycles. The molecule has 1 aliphatic rings. The fraction of sp³-hybridized carbons (Fsp3) is 0.857. The van der Waals surface area contributed by atoms with Gasteiger partial charge in [0.15, 0.2) is 0 Å². The number of hydrogen-bond acceptors (Lipinski definition) is 5. The molecule has 1 fully saturated rings. The van der Waals surface area contributed by atoms with Crippen molar-refractivity contribution in [1.82, 2.24) is 0 Å². The summed E-state index contributed by atoms with van der Waals surface area (Å²) in [5, 5.41) is 0. The molecule has 0 aromatic carbocycles. The molecule has 3 nitrogen and oxygen atoms in total. The Kier molecular flexibility index (Phi) is 4.90. The Balaban J connectivity index is 2.09. The maximum absolute atomic E-state index is 5.35. The van der Waals surface area contributed by atoms with E-state index in [9.17, 15) is 0 Å². The lowest BCUT2D eigenvalue weighted by molar-refractivity contribution is -0.102. The van der Waals surface area contributed by atoms with Crippen LogP contribution in [0.2, 0.25) is 0 Å². The van der Waals surface area contributed by atoms with Gasteiger partial charge >= 0.3 is 0 Å². The molecule has 0 aromatic rings. The predicted octanol–water partition coefficient (Wildman–Crippen LogP) is 1.07. The standard InChI is InChI=1S/C7H12O3S2/c1-12-7(11)10-5-6-4-8-2-3-9-6/h6H,2-5H2,1H3/t6-/m1/s1. The summed E-state index contributed by atoms with van der Waals surface area (Å²) in [4.78, 5) is 0. The van der Waals surface area contributed by atoms with E-state index < -0.39 is 0 Å². The maximum atomic E-state index is 5.35. The van der Waals surface area contributed by atoms with Crippen molar-refractivity contribution in [2.24, 2.45) is 0 Å². The normalized spacial score (nSPS) is 23.6. The second-order valence-corrected chi connectivity index (χ2v) is 3.74. The summed E-state index contributed by atoms with van der Waals surface area (Å²) >= 11 is 6.29. The molecule has 0 amide bonds. The number of thioether (sulfide) groups is 1. The fourth-order valence-corrected chi connectivity index (χ4v) is 1.11. The zero-order valence-electron chi connectivity index (χ0n) is 6.95. The van der Waals surface area contributed by atoms with Gasteiger partial charge in [-0.3, -0.25) is 0 Å². The molecule has 0 saturated carbocycles. The maximum Gasteiger partial charge on any atom is 0.219 e. The first-order chi connectivity index (χ1) is 5.83. The van der Waals surface area contributed by atoms with Crippen molar-refractivity contribution in [2.75, 3.05) is 32.7 Å². The lowest BCUT2D eigenvalue weighted by Gasteiger charge is -2.22. The molecule has 1 rings (SSSR count). The largest absolute Gasteiger partial charge is 0.476 e. The minimum atomic E-state index is 0.0452. The van der Waals surface area contributed by atoms with Crippen molar-refractivity contribution >= 4 is 28.4 Å². The van der Waals surface area contributed by atoms with Crippen LogP contribution < -0.4 is 0 Å². The van der Waals surface area contributed by atoms with Crippen molar-refractivity contribution in [3.63, 3.8) is 0 Å². The SMILES string of the molecule is CSC(=S)OC[C@H]1COCCO1. The molecule has 0 radical (unpaired) electrons. The summed E-state index contributed by atoms with van der Waals surface area (Å²) in [5.74, 6) is 0. The molecule has 1 heterocycles. The van der Waals surface area contributed by atoms with Crippen LogP contribution >= 0.6 is 24.0 Å². The van der Waals surface area contributed by atoms with Gasteiger partial charge in [0.25, 0.3) is 0 Å². The smallest absolute Gasteiger partial charge is 0.219 e. The molecule has 1 saturated heterocycles. The van der Waals surface area contributed by atoms with E-state index >= 15 is 0 Å². The molecule has 1 atom stereocenters. The molecule has 5 heteroatoms. The number of ether oxygens (including phenoxy) is 3. The predicted molar refractivity (Wildman–Crippen MR) is 52.6 cm³/mol. The highest BCUT2D eigenvalue weighted by molar-refractivity contribution is 8.22. The highest BCUT2D eigenvalue weighted by atomic mass is 32.2. The van der Waals surface area contributed by atoms with E-state index in [1.165, 1.54) is 11.8 Å². The Hall–Kier alpha value is 0.160. The van der Waals surface area contributed by atoms with Crippen LogP contribution in [0.3, 0.4) is 0 Å². The Morgan fingerprint density at radius 1 is 1.67 bits per heavy atom. The first-order valence-electron chi connectivity index (χ1n) is 3.73. The van der Waals surface area contributed by atoms with Gasteiger partial charge in [-0.05, 0) is 18.5 Å². The van der Waals surface area contributed by atoms with Crippen LogP contribution in [0.25, 0.3) is 0 Å². The third kappa shape index (κ3) is 3.71. The first-order valence-corrected chi connectivity index (χ1v) is 5.36. The van der Waals surface area contributed by atoms with E-state index in [4.69, 9.17) is 26.4 Å². The van der Waals surface area contributed by atoms with E-state index in [-0.39, 0.29) is 6.10 Å². The molecule has 0 aliphatic carbocycles. The van der Waals surface area contributed by atoms with Gasteiger partial charge in [-0.1, -0.05) is 11.8 Å². The Morgan fingerprint density at radius 2 is 2.50 bits per heavy atom. The highest BCUT2D eigenvalue weighted by Crippen LogP contribution is 2.05. The molecule has 0 spiro atoms. The van der Waals surface area contributed by atoms with E-state index in [0.29, 0.717) is 30.8 Å². The third-order valence-corrected chi connectivity index (χ3v) is 2.51. The summed E-state index contributed by atoms with van der Waals surface area (Å²) < 4.78 is 16.3.